The van der Waals surface area contributed by atoms with Crippen LogP contribution in [0.5, 0.6) is 11.5 Å². The zero-order chi connectivity index (χ0) is 29.0. The molecule has 0 aliphatic carbocycles. The van der Waals surface area contributed by atoms with Crippen molar-refractivity contribution in [1.29, 1.82) is 0 Å². The second-order valence-corrected chi connectivity index (χ2v) is 10.7. The molecular formula is C35H34N4O2. The van der Waals surface area contributed by atoms with E-state index < -0.39 is 0 Å². The molecule has 0 saturated heterocycles. The highest BCUT2D eigenvalue weighted by Gasteiger charge is 2.23. The first kappa shape index (κ1) is 26.5. The highest BCUT2D eigenvalue weighted by Crippen LogP contribution is 2.41. The maximum Gasteiger partial charge on any atom is 0.163 e. The molecule has 6 rings (SSSR count). The van der Waals surface area contributed by atoms with Crippen molar-refractivity contribution in [2.75, 3.05) is 14.2 Å². The van der Waals surface area contributed by atoms with E-state index in [-0.39, 0.29) is 0 Å². The largest absolute Gasteiger partial charge is 0.497 e. The first-order chi connectivity index (χ1) is 19.7. The third-order valence-corrected chi connectivity index (χ3v) is 8.49. The van der Waals surface area contributed by atoms with E-state index in [0.717, 1.165) is 66.7 Å². The number of fused-ring (bicyclic) bond motifs is 3. The van der Waals surface area contributed by atoms with Crippen molar-refractivity contribution in [3.63, 3.8) is 0 Å². The summed E-state index contributed by atoms with van der Waals surface area (Å²) in [6, 6.07) is 18.8. The van der Waals surface area contributed by atoms with Gasteiger partial charge in [0.15, 0.2) is 11.6 Å². The lowest BCUT2D eigenvalue weighted by molar-refractivity contribution is 0.415. The molecule has 0 unspecified atom stereocenters. The summed E-state index contributed by atoms with van der Waals surface area (Å²) in [7, 11) is 3.40. The van der Waals surface area contributed by atoms with Gasteiger partial charge in [0.25, 0.3) is 0 Å². The van der Waals surface area contributed by atoms with E-state index in [0.29, 0.717) is 11.6 Å². The molecule has 0 radical (unpaired) electrons. The van der Waals surface area contributed by atoms with E-state index in [2.05, 4.69) is 98.5 Å². The van der Waals surface area contributed by atoms with E-state index in [1.54, 1.807) is 20.5 Å². The van der Waals surface area contributed by atoms with Crippen molar-refractivity contribution in [2.45, 2.75) is 41.5 Å². The van der Waals surface area contributed by atoms with Crippen LogP contribution in [0.2, 0.25) is 0 Å². The summed E-state index contributed by atoms with van der Waals surface area (Å²) in [5, 5.41) is 2.24. The maximum absolute atomic E-state index is 5.59. The Labute approximate surface area is 240 Å². The summed E-state index contributed by atoms with van der Waals surface area (Å²) in [5.74, 6) is 3.05. The Kier molecular flexibility index (Phi) is 6.49. The fraction of sp³-hybridized carbons (Fsp3) is 0.229. The van der Waals surface area contributed by atoms with Crippen LogP contribution in [0.4, 0.5) is 0 Å². The molecule has 0 fully saturated rings. The van der Waals surface area contributed by atoms with Gasteiger partial charge in [0.1, 0.15) is 17.8 Å². The van der Waals surface area contributed by atoms with Crippen LogP contribution in [0.1, 0.15) is 33.4 Å². The molecule has 2 aromatic heterocycles. The van der Waals surface area contributed by atoms with Gasteiger partial charge in [-0.2, -0.15) is 0 Å². The van der Waals surface area contributed by atoms with Gasteiger partial charge in [0.2, 0.25) is 0 Å². The number of hydrogen-bond donors (Lipinski definition) is 0. The zero-order valence-electron chi connectivity index (χ0n) is 24.9. The van der Waals surface area contributed by atoms with Gasteiger partial charge in [-0.25, -0.2) is 15.0 Å². The Hall–Kier alpha value is -4.71. The summed E-state index contributed by atoms with van der Waals surface area (Å²) in [6.45, 7) is 12.9. The van der Waals surface area contributed by atoms with Gasteiger partial charge in [-0.3, -0.25) is 0 Å². The lowest BCUT2D eigenvalue weighted by atomic mass is 9.91. The van der Waals surface area contributed by atoms with Crippen molar-refractivity contribution in [1.82, 2.24) is 19.5 Å². The number of rotatable bonds is 5. The third kappa shape index (κ3) is 4.13. The molecule has 206 valence electrons. The third-order valence-electron chi connectivity index (χ3n) is 8.49. The molecule has 0 bridgehead atoms. The van der Waals surface area contributed by atoms with Crippen LogP contribution in [0.3, 0.4) is 0 Å². The summed E-state index contributed by atoms with van der Waals surface area (Å²) >= 11 is 0. The molecule has 0 amide bonds. The van der Waals surface area contributed by atoms with Gasteiger partial charge in [-0.15, -0.1) is 0 Å². The molecule has 41 heavy (non-hydrogen) atoms. The normalized spacial score (nSPS) is 11.4. The maximum atomic E-state index is 5.59. The molecule has 6 nitrogen and oxygen atoms in total. The lowest BCUT2D eigenvalue weighted by Crippen LogP contribution is -2.08. The summed E-state index contributed by atoms with van der Waals surface area (Å²) in [6.07, 6.45) is 1.63. The molecule has 2 heterocycles. The van der Waals surface area contributed by atoms with Crippen LogP contribution in [0, 0.1) is 41.5 Å². The van der Waals surface area contributed by atoms with Crippen molar-refractivity contribution in [3.8, 4) is 40.0 Å². The number of nitrogens with zero attached hydrogens (tertiary/aromatic N) is 4. The highest BCUT2D eigenvalue weighted by molar-refractivity contribution is 6.10. The first-order valence-electron chi connectivity index (χ1n) is 13.8. The van der Waals surface area contributed by atoms with Crippen molar-refractivity contribution >= 4 is 21.8 Å². The lowest BCUT2D eigenvalue weighted by Gasteiger charge is -2.22. The van der Waals surface area contributed by atoms with Crippen molar-refractivity contribution < 1.29 is 9.47 Å². The van der Waals surface area contributed by atoms with Gasteiger partial charge in [-0.1, -0.05) is 18.2 Å². The van der Waals surface area contributed by atoms with Crippen molar-refractivity contribution in [3.05, 3.63) is 94.3 Å². The Morgan fingerprint density at radius 1 is 0.585 bits per heavy atom. The number of hydrogen-bond acceptors (Lipinski definition) is 5. The van der Waals surface area contributed by atoms with Gasteiger partial charge in [0.05, 0.1) is 30.9 Å². The van der Waals surface area contributed by atoms with Gasteiger partial charge in [0, 0.05) is 21.9 Å². The smallest absolute Gasteiger partial charge is 0.163 e. The molecular weight excluding hydrogens is 508 g/mol. The number of aryl methyl sites for hydroxylation is 2. The van der Waals surface area contributed by atoms with E-state index >= 15 is 0 Å². The van der Waals surface area contributed by atoms with Gasteiger partial charge in [-0.05, 0) is 111 Å². The Balaban J connectivity index is 1.61. The Morgan fingerprint density at radius 3 is 1.56 bits per heavy atom. The second kappa shape index (κ2) is 10.0. The zero-order valence-corrected chi connectivity index (χ0v) is 24.9. The van der Waals surface area contributed by atoms with E-state index in [1.807, 2.05) is 12.1 Å². The standard InChI is InChI=1S/C35H34N4O2/c1-19-10-9-11-20(2)31(19)34-36-18-37-35(38-34)32-21(3)23(5)33(24(6)22(32)4)39-29-14-12-25(40-7)16-27(29)28-17-26(41-8)13-15-30(28)39/h9-18H,1-8H3. The monoisotopic (exact) mass is 542 g/mol. The molecule has 0 aliphatic heterocycles. The fourth-order valence-electron chi connectivity index (χ4n) is 6.14. The quantitative estimate of drug-likeness (QED) is 0.220. The fourth-order valence-corrected chi connectivity index (χ4v) is 6.14. The summed E-state index contributed by atoms with van der Waals surface area (Å²) in [4.78, 5) is 14.3. The van der Waals surface area contributed by atoms with Crippen LogP contribution >= 0.6 is 0 Å². The molecule has 4 aromatic carbocycles. The number of ether oxygens (including phenoxy) is 2. The van der Waals surface area contributed by atoms with E-state index in [9.17, 15) is 0 Å². The molecule has 0 N–H and O–H groups in total. The Morgan fingerprint density at radius 2 is 1.07 bits per heavy atom. The van der Waals surface area contributed by atoms with E-state index in [4.69, 9.17) is 14.5 Å². The molecule has 0 aliphatic rings. The van der Waals surface area contributed by atoms with Crippen LogP contribution in [-0.4, -0.2) is 33.7 Å². The minimum absolute atomic E-state index is 0.696. The molecule has 6 aromatic rings. The van der Waals surface area contributed by atoms with Gasteiger partial charge < -0.3 is 14.0 Å². The average molecular weight is 543 g/mol. The SMILES string of the molecule is COc1ccc2c(c1)c1cc(OC)ccc1n2-c1c(C)c(C)c(-c2ncnc(-c3c(C)cccc3C)n2)c(C)c1C. The topological polar surface area (TPSA) is 62.1 Å². The van der Waals surface area contributed by atoms with Gasteiger partial charge >= 0.3 is 0 Å². The first-order valence-corrected chi connectivity index (χ1v) is 13.8. The van der Waals surface area contributed by atoms with Crippen LogP contribution in [0.15, 0.2) is 60.9 Å². The van der Waals surface area contributed by atoms with Crippen LogP contribution in [-0.2, 0) is 0 Å². The minimum Gasteiger partial charge on any atom is -0.497 e. The number of aromatic nitrogens is 4. The number of benzene rings is 4. The van der Waals surface area contributed by atoms with Crippen LogP contribution < -0.4 is 9.47 Å². The second-order valence-electron chi connectivity index (χ2n) is 10.7. The summed E-state index contributed by atoms with van der Waals surface area (Å²) in [5.41, 5.74) is 12.5. The predicted molar refractivity (Wildman–Crippen MR) is 167 cm³/mol. The number of methoxy groups -OCH3 is 2. The average Bonchev–Trinajstić information content (AvgIpc) is 3.29. The molecule has 0 atom stereocenters. The molecule has 6 heteroatoms. The van der Waals surface area contributed by atoms with Crippen LogP contribution in [0.25, 0.3) is 50.3 Å². The Bertz CT molecular complexity index is 1880. The minimum atomic E-state index is 0.696. The predicted octanol–water partition coefficient (Wildman–Crippen LogP) is 8.17. The van der Waals surface area contributed by atoms with E-state index in [1.165, 1.54) is 16.8 Å². The molecule has 0 saturated carbocycles. The summed E-state index contributed by atoms with van der Waals surface area (Å²) < 4.78 is 13.5. The highest BCUT2D eigenvalue weighted by atomic mass is 16.5. The molecule has 0 spiro atoms. The van der Waals surface area contributed by atoms with Crippen molar-refractivity contribution in [2.24, 2.45) is 0 Å².